The Morgan fingerprint density at radius 1 is 0.633 bits per heavy atom. The van der Waals surface area contributed by atoms with Crippen LogP contribution in [0.5, 0.6) is 0 Å². The van der Waals surface area contributed by atoms with Gasteiger partial charge in [-0.1, -0.05) is 84.4 Å². The standard InChI is InChI=1S/C19H22N4O5.C15H19N3O3/c20-22-21-13-14-7-9-15(10-8-14)16(24)5-3-1-2-4-6-19(27)28-23-17(25)11-12-18(23)26;16-18-17-11-12-7-9-13(10-8-12)14(19)5-3-1-2-4-6-15(20)21/h7-10H,1-6,11-13H2;7-10H,1-6,11H2,(H,20,21). The van der Waals surface area contributed by atoms with Crippen molar-refractivity contribution in [2.45, 2.75) is 103 Å². The number of carboxylic acids is 1. The van der Waals surface area contributed by atoms with E-state index >= 15 is 0 Å². The highest BCUT2D eigenvalue weighted by atomic mass is 16.7. The molecule has 2 aromatic carbocycles. The van der Waals surface area contributed by atoms with Gasteiger partial charge in [-0.15, -0.1) is 5.06 Å². The number of hydrogen-bond acceptors (Lipinski definition) is 9. The fourth-order valence-corrected chi connectivity index (χ4v) is 4.74. The number of benzene rings is 2. The van der Waals surface area contributed by atoms with Crippen molar-refractivity contribution in [2.75, 3.05) is 0 Å². The topological polar surface area (TPSA) is 233 Å². The Labute approximate surface area is 283 Å². The molecule has 0 radical (unpaired) electrons. The molecule has 0 aromatic heterocycles. The van der Waals surface area contributed by atoms with Crippen molar-refractivity contribution in [3.8, 4) is 0 Å². The number of ketones is 2. The Kier molecular flexibility index (Phi) is 18.5. The van der Waals surface area contributed by atoms with E-state index in [1.54, 1.807) is 48.5 Å². The molecule has 2 aromatic rings. The minimum absolute atomic E-state index is 0.0424. The quantitative estimate of drug-likeness (QED) is 0.0342. The first-order valence-corrected chi connectivity index (χ1v) is 16.2. The number of hydroxylamine groups is 2. The van der Waals surface area contributed by atoms with E-state index in [2.05, 4.69) is 20.1 Å². The maximum Gasteiger partial charge on any atom is 0.333 e. The molecule has 15 nitrogen and oxygen atoms in total. The minimum atomic E-state index is -0.771. The number of imide groups is 1. The lowest BCUT2D eigenvalue weighted by molar-refractivity contribution is -0.197. The molecule has 2 amide bonds. The van der Waals surface area contributed by atoms with Gasteiger partial charge in [0.25, 0.3) is 11.8 Å². The van der Waals surface area contributed by atoms with E-state index in [0.29, 0.717) is 48.3 Å². The molecule has 0 aliphatic carbocycles. The van der Waals surface area contributed by atoms with Gasteiger partial charge >= 0.3 is 11.9 Å². The molecule has 0 bridgehead atoms. The molecule has 260 valence electrons. The van der Waals surface area contributed by atoms with Gasteiger partial charge in [-0.05, 0) is 47.9 Å². The third kappa shape index (κ3) is 16.2. The van der Waals surface area contributed by atoms with Crippen LogP contribution in [0.25, 0.3) is 20.9 Å². The van der Waals surface area contributed by atoms with E-state index in [0.717, 1.165) is 43.2 Å². The molecule has 3 rings (SSSR count). The normalized spacial score (nSPS) is 11.9. The Morgan fingerprint density at radius 3 is 1.41 bits per heavy atom. The molecule has 15 heteroatoms. The Bertz CT molecular complexity index is 1510. The number of carbonyl (C=O) groups is 6. The SMILES string of the molecule is [N-]=[N+]=NCc1ccc(C(=O)CCCCCCC(=O)O)cc1.[N-]=[N+]=NCc1ccc(C(=O)CCCCCCC(=O)ON2C(=O)CCC2=O)cc1. The maximum absolute atomic E-state index is 12.1. The third-order valence-electron chi connectivity index (χ3n) is 7.46. The van der Waals surface area contributed by atoms with Crippen molar-refractivity contribution in [3.05, 3.63) is 91.7 Å². The zero-order valence-electron chi connectivity index (χ0n) is 27.4. The van der Waals surface area contributed by atoms with E-state index in [4.69, 9.17) is 21.0 Å². The van der Waals surface area contributed by atoms with Gasteiger partial charge < -0.3 is 9.94 Å². The minimum Gasteiger partial charge on any atom is -0.481 e. The van der Waals surface area contributed by atoms with Crippen LogP contribution in [-0.4, -0.2) is 45.5 Å². The summed E-state index contributed by atoms with van der Waals surface area (Å²) in [5.74, 6) is -2.21. The number of amides is 2. The number of aliphatic carboxylic acids is 1. The highest BCUT2D eigenvalue weighted by Crippen LogP contribution is 2.16. The fraction of sp³-hybridized carbons (Fsp3) is 0.471. The molecule has 1 N–H and O–H groups in total. The maximum atomic E-state index is 12.1. The van der Waals surface area contributed by atoms with Crippen molar-refractivity contribution in [1.29, 1.82) is 0 Å². The first kappa shape index (κ1) is 39.7. The van der Waals surface area contributed by atoms with Crippen molar-refractivity contribution >= 4 is 35.3 Å². The summed E-state index contributed by atoms with van der Waals surface area (Å²) < 4.78 is 0. The molecule has 0 atom stereocenters. The summed E-state index contributed by atoms with van der Waals surface area (Å²) >= 11 is 0. The largest absolute Gasteiger partial charge is 0.481 e. The van der Waals surface area contributed by atoms with Gasteiger partial charge in [-0.25, -0.2) is 4.79 Å². The van der Waals surface area contributed by atoms with Crippen LogP contribution in [0.15, 0.2) is 58.8 Å². The molecule has 1 aliphatic rings. The van der Waals surface area contributed by atoms with Gasteiger partial charge in [0.1, 0.15) is 0 Å². The molecule has 1 saturated heterocycles. The lowest BCUT2D eigenvalue weighted by Crippen LogP contribution is -2.31. The van der Waals surface area contributed by atoms with Gasteiger partial charge in [0.15, 0.2) is 11.6 Å². The third-order valence-corrected chi connectivity index (χ3v) is 7.46. The van der Waals surface area contributed by atoms with Gasteiger partial charge in [0, 0.05) is 59.5 Å². The van der Waals surface area contributed by atoms with Crippen LogP contribution in [-0.2, 0) is 37.1 Å². The van der Waals surface area contributed by atoms with Crippen LogP contribution >= 0.6 is 0 Å². The van der Waals surface area contributed by atoms with Crippen molar-refractivity contribution in [2.24, 2.45) is 10.2 Å². The molecule has 49 heavy (non-hydrogen) atoms. The fourth-order valence-electron chi connectivity index (χ4n) is 4.74. The highest BCUT2D eigenvalue weighted by molar-refractivity contribution is 6.01. The Morgan fingerprint density at radius 2 is 1.02 bits per heavy atom. The molecule has 1 heterocycles. The highest BCUT2D eigenvalue weighted by Gasteiger charge is 2.32. The number of carboxylic acid groups (broad SMARTS) is 1. The monoisotopic (exact) mass is 675 g/mol. The smallest absolute Gasteiger partial charge is 0.333 e. The van der Waals surface area contributed by atoms with Crippen LogP contribution in [0.2, 0.25) is 0 Å². The summed E-state index contributed by atoms with van der Waals surface area (Å²) in [6.45, 7) is 0.544. The number of unbranched alkanes of at least 4 members (excludes halogenated alkanes) is 6. The van der Waals surface area contributed by atoms with E-state index in [1.807, 2.05) is 0 Å². The molecule has 0 spiro atoms. The van der Waals surface area contributed by atoms with Gasteiger partial charge in [-0.3, -0.25) is 24.0 Å². The van der Waals surface area contributed by atoms with E-state index in [1.165, 1.54) is 0 Å². The first-order valence-electron chi connectivity index (χ1n) is 16.2. The van der Waals surface area contributed by atoms with E-state index in [9.17, 15) is 28.8 Å². The second-order valence-corrected chi connectivity index (χ2v) is 11.3. The number of azide groups is 2. The summed E-state index contributed by atoms with van der Waals surface area (Å²) in [5, 5.41) is 16.0. The Balaban J connectivity index is 0.000000355. The average molecular weight is 676 g/mol. The summed E-state index contributed by atoms with van der Waals surface area (Å²) in [6.07, 6.45) is 7.32. The second kappa shape index (κ2) is 22.9. The van der Waals surface area contributed by atoms with E-state index < -0.39 is 23.8 Å². The summed E-state index contributed by atoms with van der Waals surface area (Å²) in [5.41, 5.74) is 19.5. The van der Waals surface area contributed by atoms with Gasteiger partial charge in [0.05, 0.1) is 13.1 Å². The summed E-state index contributed by atoms with van der Waals surface area (Å²) in [7, 11) is 0. The van der Waals surface area contributed by atoms with Crippen LogP contribution in [0.1, 0.15) is 122 Å². The van der Waals surface area contributed by atoms with Crippen LogP contribution in [0.3, 0.4) is 0 Å². The average Bonchev–Trinajstić information content (AvgIpc) is 3.41. The van der Waals surface area contributed by atoms with Gasteiger partial charge in [-0.2, -0.15) is 0 Å². The summed E-state index contributed by atoms with van der Waals surface area (Å²) in [4.78, 5) is 79.0. The van der Waals surface area contributed by atoms with Crippen LogP contribution in [0.4, 0.5) is 0 Å². The number of Topliss-reactive ketones (excluding diaryl/α,β-unsaturated/α-hetero) is 2. The lowest BCUT2D eigenvalue weighted by atomic mass is 10.0. The number of hydrogen-bond donors (Lipinski definition) is 1. The zero-order valence-corrected chi connectivity index (χ0v) is 27.4. The number of carbonyl (C=O) groups excluding carboxylic acids is 5. The number of rotatable bonds is 21. The lowest BCUT2D eigenvalue weighted by Gasteiger charge is -2.12. The predicted molar refractivity (Wildman–Crippen MR) is 177 cm³/mol. The zero-order chi connectivity index (χ0) is 35.9. The summed E-state index contributed by atoms with van der Waals surface area (Å²) in [6, 6.07) is 14.0. The molecular weight excluding hydrogens is 634 g/mol. The van der Waals surface area contributed by atoms with Crippen molar-refractivity contribution in [3.63, 3.8) is 0 Å². The molecule has 1 aliphatic heterocycles. The van der Waals surface area contributed by atoms with Gasteiger partial charge in [0.2, 0.25) is 0 Å². The van der Waals surface area contributed by atoms with Crippen LogP contribution < -0.4 is 0 Å². The molecule has 1 fully saturated rings. The predicted octanol–water partition coefficient (Wildman–Crippen LogP) is 7.73. The van der Waals surface area contributed by atoms with E-state index in [-0.39, 0.29) is 50.3 Å². The molecule has 0 saturated carbocycles. The molecular formula is C34H41N7O8. The first-order chi connectivity index (χ1) is 23.6. The van der Waals surface area contributed by atoms with Crippen molar-refractivity contribution in [1.82, 2.24) is 5.06 Å². The number of nitrogens with zero attached hydrogens (tertiary/aromatic N) is 7. The molecule has 0 unspecified atom stereocenters. The van der Waals surface area contributed by atoms with Crippen LogP contribution in [0, 0.1) is 0 Å². The van der Waals surface area contributed by atoms with Crippen molar-refractivity contribution < 1.29 is 38.7 Å². The second-order valence-electron chi connectivity index (χ2n) is 11.3. The Hall–Kier alpha value is -5.52.